The molecule has 0 aliphatic rings. The molecule has 2 N–H and O–H groups in total. The summed E-state index contributed by atoms with van der Waals surface area (Å²) in [5.41, 5.74) is 2.37. The van der Waals surface area contributed by atoms with Crippen molar-refractivity contribution in [3.63, 3.8) is 0 Å². The van der Waals surface area contributed by atoms with Crippen LogP contribution in [0.5, 0.6) is 5.75 Å². The standard InChI is InChI=1S/C19H23N3O3/c1-4-11-25-17-12-13(2)5-6-16(17)22-19(24)18(23)21-14(3)15-7-9-20-10-8-15/h5-10,12,14H,4,11H2,1-3H3,(H,21,23)(H,22,24). The van der Waals surface area contributed by atoms with Crippen LogP contribution >= 0.6 is 0 Å². The van der Waals surface area contributed by atoms with E-state index in [2.05, 4.69) is 15.6 Å². The first-order valence-electron chi connectivity index (χ1n) is 8.26. The fraction of sp³-hybridized carbons (Fsp3) is 0.316. The molecule has 2 amide bonds. The lowest BCUT2D eigenvalue weighted by atomic mass is 10.1. The number of hydrogen-bond donors (Lipinski definition) is 2. The summed E-state index contributed by atoms with van der Waals surface area (Å²) < 4.78 is 5.64. The lowest BCUT2D eigenvalue weighted by molar-refractivity contribution is -0.136. The molecule has 1 heterocycles. The average molecular weight is 341 g/mol. The van der Waals surface area contributed by atoms with Crippen LogP contribution in [0.15, 0.2) is 42.7 Å². The van der Waals surface area contributed by atoms with Gasteiger partial charge in [0.25, 0.3) is 0 Å². The molecule has 0 radical (unpaired) electrons. The van der Waals surface area contributed by atoms with Crippen LogP contribution in [0.2, 0.25) is 0 Å². The summed E-state index contributed by atoms with van der Waals surface area (Å²) in [5, 5.41) is 5.29. The number of hydrogen-bond acceptors (Lipinski definition) is 4. The van der Waals surface area contributed by atoms with Crippen molar-refractivity contribution in [1.29, 1.82) is 0 Å². The summed E-state index contributed by atoms with van der Waals surface area (Å²) in [6, 6.07) is 8.71. The van der Waals surface area contributed by atoms with Crippen LogP contribution < -0.4 is 15.4 Å². The molecule has 1 aromatic heterocycles. The minimum atomic E-state index is -0.730. The highest BCUT2D eigenvalue weighted by Crippen LogP contribution is 2.26. The zero-order chi connectivity index (χ0) is 18.2. The summed E-state index contributed by atoms with van der Waals surface area (Å²) in [7, 11) is 0. The van der Waals surface area contributed by atoms with Gasteiger partial charge in [0.2, 0.25) is 0 Å². The second-order valence-corrected chi connectivity index (χ2v) is 5.78. The molecule has 25 heavy (non-hydrogen) atoms. The molecule has 132 valence electrons. The third-order valence-electron chi connectivity index (χ3n) is 3.61. The Labute approximate surface area is 147 Å². The van der Waals surface area contributed by atoms with Crippen LogP contribution in [0, 0.1) is 6.92 Å². The van der Waals surface area contributed by atoms with Gasteiger partial charge in [-0.05, 0) is 55.7 Å². The first kappa shape index (κ1) is 18.4. The molecular formula is C19H23N3O3. The molecule has 1 aromatic carbocycles. The van der Waals surface area contributed by atoms with E-state index in [1.165, 1.54) is 0 Å². The van der Waals surface area contributed by atoms with Crippen LogP contribution in [0.1, 0.15) is 37.4 Å². The number of pyridine rings is 1. The van der Waals surface area contributed by atoms with Crippen molar-refractivity contribution in [3.8, 4) is 5.75 Å². The van der Waals surface area contributed by atoms with Crippen LogP contribution in [-0.2, 0) is 9.59 Å². The third-order valence-corrected chi connectivity index (χ3v) is 3.61. The van der Waals surface area contributed by atoms with Crippen molar-refractivity contribution in [2.45, 2.75) is 33.2 Å². The Hall–Kier alpha value is -2.89. The van der Waals surface area contributed by atoms with Crippen molar-refractivity contribution in [2.75, 3.05) is 11.9 Å². The molecule has 0 aliphatic carbocycles. The van der Waals surface area contributed by atoms with Crippen LogP contribution in [0.4, 0.5) is 5.69 Å². The summed E-state index contributed by atoms with van der Waals surface area (Å²) in [6.07, 6.45) is 4.13. The second kappa shape index (κ2) is 8.82. The smallest absolute Gasteiger partial charge is 0.313 e. The number of aromatic nitrogens is 1. The Morgan fingerprint density at radius 2 is 1.88 bits per heavy atom. The molecule has 1 unspecified atom stereocenters. The quantitative estimate of drug-likeness (QED) is 0.792. The van der Waals surface area contributed by atoms with E-state index in [0.29, 0.717) is 18.0 Å². The zero-order valence-electron chi connectivity index (χ0n) is 14.7. The summed E-state index contributed by atoms with van der Waals surface area (Å²) >= 11 is 0. The zero-order valence-corrected chi connectivity index (χ0v) is 14.7. The van der Waals surface area contributed by atoms with Gasteiger partial charge in [-0.15, -0.1) is 0 Å². The van der Waals surface area contributed by atoms with E-state index in [-0.39, 0.29) is 6.04 Å². The molecule has 0 spiro atoms. The highest BCUT2D eigenvalue weighted by Gasteiger charge is 2.18. The van der Waals surface area contributed by atoms with Gasteiger partial charge in [-0.2, -0.15) is 0 Å². The number of ether oxygens (including phenoxy) is 1. The number of aryl methyl sites for hydroxylation is 1. The normalized spacial score (nSPS) is 11.5. The number of carbonyl (C=O) groups is 2. The SMILES string of the molecule is CCCOc1cc(C)ccc1NC(=O)C(=O)NC(C)c1ccncc1. The van der Waals surface area contributed by atoms with E-state index < -0.39 is 11.8 Å². The molecule has 2 rings (SSSR count). The van der Waals surface area contributed by atoms with Gasteiger partial charge in [0.15, 0.2) is 0 Å². The number of nitrogens with zero attached hydrogens (tertiary/aromatic N) is 1. The van der Waals surface area contributed by atoms with Gasteiger partial charge in [-0.25, -0.2) is 0 Å². The number of benzene rings is 1. The summed E-state index contributed by atoms with van der Waals surface area (Å²) in [4.78, 5) is 28.3. The highest BCUT2D eigenvalue weighted by molar-refractivity contribution is 6.39. The first-order chi connectivity index (χ1) is 12.0. The van der Waals surface area contributed by atoms with Gasteiger partial charge in [0, 0.05) is 12.4 Å². The van der Waals surface area contributed by atoms with Gasteiger partial charge < -0.3 is 15.4 Å². The Bertz CT molecular complexity index is 732. The first-order valence-corrected chi connectivity index (χ1v) is 8.26. The van der Waals surface area contributed by atoms with Gasteiger partial charge >= 0.3 is 11.8 Å². The molecular weight excluding hydrogens is 318 g/mol. The Morgan fingerprint density at radius 3 is 2.56 bits per heavy atom. The fourth-order valence-corrected chi connectivity index (χ4v) is 2.24. The molecule has 0 aliphatic heterocycles. The molecule has 0 saturated heterocycles. The summed E-state index contributed by atoms with van der Waals surface area (Å²) in [6.45, 7) is 6.29. The van der Waals surface area contributed by atoms with E-state index in [0.717, 1.165) is 17.5 Å². The maximum Gasteiger partial charge on any atom is 0.313 e. The summed E-state index contributed by atoms with van der Waals surface area (Å²) in [5.74, 6) is -0.873. The van der Waals surface area contributed by atoms with Gasteiger partial charge in [0.05, 0.1) is 18.3 Å². The molecule has 2 aromatic rings. The lowest BCUT2D eigenvalue weighted by Crippen LogP contribution is -2.37. The van der Waals surface area contributed by atoms with Crippen molar-refractivity contribution in [1.82, 2.24) is 10.3 Å². The maximum atomic E-state index is 12.2. The monoisotopic (exact) mass is 341 g/mol. The predicted octanol–water partition coefficient (Wildman–Crippen LogP) is 2.99. The maximum absolute atomic E-state index is 12.2. The molecule has 1 atom stereocenters. The average Bonchev–Trinajstić information content (AvgIpc) is 2.62. The van der Waals surface area contributed by atoms with Gasteiger partial charge in [-0.1, -0.05) is 13.0 Å². The van der Waals surface area contributed by atoms with Crippen molar-refractivity contribution < 1.29 is 14.3 Å². The van der Waals surface area contributed by atoms with Crippen LogP contribution in [0.25, 0.3) is 0 Å². The highest BCUT2D eigenvalue weighted by atomic mass is 16.5. The van der Waals surface area contributed by atoms with E-state index in [4.69, 9.17) is 4.74 Å². The number of anilines is 1. The topological polar surface area (TPSA) is 80.3 Å². The molecule has 0 saturated carbocycles. The fourth-order valence-electron chi connectivity index (χ4n) is 2.24. The lowest BCUT2D eigenvalue weighted by Gasteiger charge is -2.15. The van der Waals surface area contributed by atoms with E-state index in [9.17, 15) is 9.59 Å². The molecule has 6 nitrogen and oxygen atoms in total. The number of rotatable bonds is 6. The van der Waals surface area contributed by atoms with Gasteiger partial charge in [-0.3, -0.25) is 14.6 Å². The van der Waals surface area contributed by atoms with Gasteiger partial charge in [0.1, 0.15) is 5.75 Å². The Kier molecular flexibility index (Phi) is 6.51. The Morgan fingerprint density at radius 1 is 1.16 bits per heavy atom. The van der Waals surface area contributed by atoms with Crippen molar-refractivity contribution in [3.05, 3.63) is 53.9 Å². The molecule has 6 heteroatoms. The van der Waals surface area contributed by atoms with Crippen molar-refractivity contribution >= 4 is 17.5 Å². The number of nitrogens with one attached hydrogen (secondary N) is 2. The van der Waals surface area contributed by atoms with E-state index in [1.807, 2.05) is 32.9 Å². The van der Waals surface area contributed by atoms with Crippen molar-refractivity contribution in [2.24, 2.45) is 0 Å². The molecule has 0 fully saturated rings. The minimum absolute atomic E-state index is 0.296. The third kappa shape index (κ3) is 5.31. The van der Waals surface area contributed by atoms with Crippen LogP contribution in [-0.4, -0.2) is 23.4 Å². The predicted molar refractivity (Wildman–Crippen MR) is 96.4 cm³/mol. The Balaban J connectivity index is 2.02. The molecule has 0 bridgehead atoms. The minimum Gasteiger partial charge on any atom is -0.491 e. The van der Waals surface area contributed by atoms with Crippen LogP contribution in [0.3, 0.4) is 0 Å². The van der Waals surface area contributed by atoms with E-state index in [1.54, 1.807) is 30.6 Å². The largest absolute Gasteiger partial charge is 0.491 e. The number of carbonyl (C=O) groups excluding carboxylic acids is 2. The number of amides is 2. The van der Waals surface area contributed by atoms with E-state index >= 15 is 0 Å². The second-order valence-electron chi connectivity index (χ2n) is 5.78.